The standard InChI is InChI=1S/C16H16N4O3S/c21-14(22)13-10-18-15(24-13)19-16(23)20-7-4-11(5-8-20)9-12-3-1-2-6-17-12/h1-3,6,9-10H,4-5,7-8H2,(H,21,22)(H,18,19,23). The van der Waals surface area contributed by atoms with Gasteiger partial charge in [-0.3, -0.25) is 10.3 Å². The number of amides is 2. The van der Waals surface area contributed by atoms with E-state index in [9.17, 15) is 9.59 Å². The van der Waals surface area contributed by atoms with Crippen LogP contribution in [-0.2, 0) is 0 Å². The van der Waals surface area contributed by atoms with Gasteiger partial charge in [-0.15, -0.1) is 0 Å². The molecule has 0 aliphatic carbocycles. The summed E-state index contributed by atoms with van der Waals surface area (Å²) in [7, 11) is 0. The van der Waals surface area contributed by atoms with Crippen LogP contribution < -0.4 is 5.32 Å². The SMILES string of the molecule is O=C(O)c1cnc(NC(=O)N2CCC(=Cc3ccccn3)CC2)s1. The van der Waals surface area contributed by atoms with Gasteiger partial charge in [-0.1, -0.05) is 23.0 Å². The molecule has 2 aromatic rings. The van der Waals surface area contributed by atoms with Gasteiger partial charge in [-0.05, 0) is 31.1 Å². The van der Waals surface area contributed by atoms with Gasteiger partial charge in [0.15, 0.2) is 5.13 Å². The summed E-state index contributed by atoms with van der Waals surface area (Å²) < 4.78 is 0. The lowest BCUT2D eigenvalue weighted by Crippen LogP contribution is -2.39. The number of anilines is 1. The average Bonchev–Trinajstić information content (AvgIpc) is 3.05. The van der Waals surface area contributed by atoms with E-state index < -0.39 is 5.97 Å². The summed E-state index contributed by atoms with van der Waals surface area (Å²) in [6.45, 7) is 1.23. The largest absolute Gasteiger partial charge is 0.477 e. The van der Waals surface area contributed by atoms with E-state index in [4.69, 9.17) is 5.11 Å². The maximum atomic E-state index is 12.2. The predicted octanol–water partition coefficient (Wildman–Crippen LogP) is 2.95. The number of piperidine rings is 1. The highest BCUT2D eigenvalue weighted by atomic mass is 32.1. The van der Waals surface area contributed by atoms with E-state index in [0.29, 0.717) is 18.2 Å². The minimum absolute atomic E-state index is 0.101. The first kappa shape index (κ1) is 16.1. The van der Waals surface area contributed by atoms with Crippen LogP contribution in [0.4, 0.5) is 9.93 Å². The normalized spacial score (nSPS) is 14.3. The molecule has 1 fully saturated rings. The number of hydrogen-bond donors (Lipinski definition) is 2. The average molecular weight is 344 g/mol. The van der Waals surface area contributed by atoms with E-state index in [1.165, 1.54) is 11.8 Å². The highest BCUT2D eigenvalue weighted by molar-refractivity contribution is 7.17. The molecule has 0 spiro atoms. The summed E-state index contributed by atoms with van der Waals surface area (Å²) in [5.74, 6) is -1.05. The van der Waals surface area contributed by atoms with Crippen molar-refractivity contribution in [2.75, 3.05) is 18.4 Å². The number of carboxylic acids is 1. The predicted molar refractivity (Wildman–Crippen MR) is 91.1 cm³/mol. The summed E-state index contributed by atoms with van der Waals surface area (Å²) in [5, 5.41) is 11.8. The van der Waals surface area contributed by atoms with Crippen LogP contribution in [0.25, 0.3) is 6.08 Å². The maximum Gasteiger partial charge on any atom is 0.347 e. The zero-order valence-corrected chi connectivity index (χ0v) is 13.6. The van der Waals surface area contributed by atoms with Gasteiger partial charge >= 0.3 is 12.0 Å². The molecule has 1 aliphatic heterocycles. The van der Waals surface area contributed by atoms with Gasteiger partial charge in [0.2, 0.25) is 0 Å². The molecule has 2 N–H and O–H groups in total. The van der Waals surface area contributed by atoms with Gasteiger partial charge in [-0.2, -0.15) is 0 Å². The molecule has 0 radical (unpaired) electrons. The Bertz CT molecular complexity index is 763. The number of pyridine rings is 1. The molecule has 0 saturated carbocycles. The van der Waals surface area contributed by atoms with Crippen LogP contribution in [0.1, 0.15) is 28.2 Å². The fourth-order valence-electron chi connectivity index (χ4n) is 2.41. The van der Waals surface area contributed by atoms with Gasteiger partial charge in [-0.25, -0.2) is 14.6 Å². The van der Waals surface area contributed by atoms with Gasteiger partial charge in [0.1, 0.15) is 4.88 Å². The minimum atomic E-state index is -1.05. The van der Waals surface area contributed by atoms with Crippen molar-refractivity contribution >= 4 is 34.5 Å². The summed E-state index contributed by atoms with van der Waals surface area (Å²) in [4.78, 5) is 33.0. The second-order valence-corrected chi connectivity index (χ2v) is 6.34. The highest BCUT2D eigenvalue weighted by Gasteiger charge is 2.20. The molecule has 2 amide bonds. The molecule has 24 heavy (non-hydrogen) atoms. The van der Waals surface area contributed by atoms with Gasteiger partial charge in [0.25, 0.3) is 0 Å². The monoisotopic (exact) mass is 344 g/mol. The number of hydrogen-bond acceptors (Lipinski definition) is 5. The lowest BCUT2D eigenvalue weighted by molar-refractivity contribution is 0.0702. The zero-order chi connectivity index (χ0) is 16.9. The smallest absolute Gasteiger partial charge is 0.347 e. The summed E-state index contributed by atoms with van der Waals surface area (Å²) >= 11 is 0.947. The molecule has 0 aromatic carbocycles. The van der Waals surface area contributed by atoms with Crippen molar-refractivity contribution in [1.29, 1.82) is 0 Å². The number of carbonyl (C=O) groups excluding carboxylic acids is 1. The lowest BCUT2D eigenvalue weighted by atomic mass is 10.0. The Morgan fingerprint density at radius 1 is 1.25 bits per heavy atom. The van der Waals surface area contributed by atoms with Crippen LogP contribution in [0.3, 0.4) is 0 Å². The number of nitrogens with zero attached hydrogens (tertiary/aromatic N) is 3. The quantitative estimate of drug-likeness (QED) is 0.892. The Balaban J connectivity index is 1.55. The van der Waals surface area contributed by atoms with Crippen LogP contribution >= 0.6 is 11.3 Å². The van der Waals surface area contributed by atoms with Crippen LogP contribution in [0, 0.1) is 0 Å². The number of rotatable bonds is 3. The number of thiazole rings is 1. The number of aromatic nitrogens is 2. The Labute approximate surface area is 142 Å². The van der Waals surface area contributed by atoms with Crippen LogP contribution in [0.15, 0.2) is 36.2 Å². The number of likely N-dealkylation sites (tertiary alicyclic amines) is 1. The van der Waals surface area contributed by atoms with E-state index in [1.807, 2.05) is 18.2 Å². The lowest BCUT2D eigenvalue weighted by Gasteiger charge is -2.28. The molecule has 3 rings (SSSR count). The fraction of sp³-hybridized carbons (Fsp3) is 0.250. The molecule has 0 unspecified atom stereocenters. The maximum absolute atomic E-state index is 12.2. The number of nitrogens with one attached hydrogen (secondary N) is 1. The summed E-state index contributed by atoms with van der Waals surface area (Å²) in [6.07, 6.45) is 6.65. The Hall–Kier alpha value is -2.74. The van der Waals surface area contributed by atoms with Crippen molar-refractivity contribution in [1.82, 2.24) is 14.9 Å². The second-order valence-electron chi connectivity index (χ2n) is 5.31. The molecule has 1 aliphatic rings. The molecule has 7 nitrogen and oxygen atoms in total. The fourth-order valence-corrected chi connectivity index (χ4v) is 3.06. The Morgan fingerprint density at radius 2 is 2.04 bits per heavy atom. The number of aromatic carboxylic acids is 1. The topological polar surface area (TPSA) is 95.4 Å². The van der Waals surface area contributed by atoms with E-state index >= 15 is 0 Å². The van der Waals surface area contributed by atoms with Crippen molar-refractivity contribution in [3.63, 3.8) is 0 Å². The molecular weight excluding hydrogens is 328 g/mol. The number of carbonyl (C=O) groups is 2. The van der Waals surface area contributed by atoms with Crippen molar-refractivity contribution in [2.45, 2.75) is 12.8 Å². The van der Waals surface area contributed by atoms with Crippen LogP contribution in [-0.4, -0.2) is 45.1 Å². The zero-order valence-electron chi connectivity index (χ0n) is 12.8. The van der Waals surface area contributed by atoms with Crippen molar-refractivity contribution in [3.8, 4) is 0 Å². The molecule has 0 bridgehead atoms. The molecule has 124 valence electrons. The third-order valence-electron chi connectivity index (χ3n) is 3.66. The van der Waals surface area contributed by atoms with E-state index in [-0.39, 0.29) is 10.9 Å². The molecule has 2 aromatic heterocycles. The number of carboxylic acid groups (broad SMARTS) is 1. The summed E-state index contributed by atoms with van der Waals surface area (Å²) in [6, 6.07) is 5.53. The molecule has 8 heteroatoms. The van der Waals surface area contributed by atoms with E-state index in [2.05, 4.69) is 21.4 Å². The Morgan fingerprint density at radius 3 is 2.67 bits per heavy atom. The molecule has 0 atom stereocenters. The van der Waals surface area contributed by atoms with Gasteiger partial charge in [0.05, 0.1) is 11.9 Å². The van der Waals surface area contributed by atoms with Gasteiger partial charge in [0, 0.05) is 19.3 Å². The van der Waals surface area contributed by atoms with Gasteiger partial charge < -0.3 is 10.0 Å². The third-order valence-corrected chi connectivity index (χ3v) is 4.56. The van der Waals surface area contributed by atoms with Crippen LogP contribution in [0.5, 0.6) is 0 Å². The van der Waals surface area contributed by atoms with Crippen molar-refractivity contribution in [2.24, 2.45) is 0 Å². The molecule has 3 heterocycles. The first-order chi connectivity index (χ1) is 11.6. The van der Waals surface area contributed by atoms with Crippen molar-refractivity contribution < 1.29 is 14.7 Å². The first-order valence-electron chi connectivity index (χ1n) is 7.47. The Kier molecular flexibility index (Phi) is 4.85. The third kappa shape index (κ3) is 3.96. The molecule has 1 saturated heterocycles. The first-order valence-corrected chi connectivity index (χ1v) is 8.29. The van der Waals surface area contributed by atoms with Crippen LogP contribution in [0.2, 0.25) is 0 Å². The van der Waals surface area contributed by atoms with E-state index in [0.717, 1.165) is 29.9 Å². The van der Waals surface area contributed by atoms with Crippen molar-refractivity contribution in [3.05, 3.63) is 46.7 Å². The second kappa shape index (κ2) is 7.22. The highest BCUT2D eigenvalue weighted by Crippen LogP contribution is 2.21. The van der Waals surface area contributed by atoms with E-state index in [1.54, 1.807) is 11.1 Å². The number of urea groups is 1. The minimum Gasteiger partial charge on any atom is -0.477 e. The molecular formula is C16H16N4O3S. The summed E-state index contributed by atoms with van der Waals surface area (Å²) in [5.41, 5.74) is 2.19.